The van der Waals surface area contributed by atoms with Crippen molar-refractivity contribution in [2.45, 2.75) is 35.9 Å². The fourth-order valence-corrected chi connectivity index (χ4v) is 4.23. The standard InChI is InChI=1S/C18H19ClN4O6S2/c1-30-18-20-22-23(21-18)8-9-28-16-14(31(2,26)27)7-6-13(15(16)19)17(25)29-12-5-3-4-11(24)10-12/h6-7,10H,3-5,8-9H2,1-2H3. The van der Waals surface area contributed by atoms with Crippen molar-refractivity contribution in [1.82, 2.24) is 20.2 Å². The first-order valence-corrected chi connectivity index (χ1v) is 12.6. The number of sulfone groups is 1. The molecule has 0 N–H and O–H groups in total. The minimum atomic E-state index is -3.70. The van der Waals surface area contributed by atoms with Crippen LogP contribution in [-0.2, 0) is 25.9 Å². The summed E-state index contributed by atoms with van der Waals surface area (Å²) in [5.74, 6) is -0.854. The van der Waals surface area contributed by atoms with E-state index in [0.29, 0.717) is 24.4 Å². The molecule has 1 heterocycles. The van der Waals surface area contributed by atoms with Gasteiger partial charge in [0.25, 0.3) is 0 Å². The Morgan fingerprint density at radius 1 is 1.32 bits per heavy atom. The number of carbonyl (C=O) groups excluding carboxylic acids is 2. The van der Waals surface area contributed by atoms with Gasteiger partial charge in [0.15, 0.2) is 21.4 Å². The summed E-state index contributed by atoms with van der Waals surface area (Å²) in [6.07, 6.45) is 5.53. The Bertz CT molecular complexity index is 1150. The van der Waals surface area contributed by atoms with Crippen molar-refractivity contribution in [3.63, 3.8) is 0 Å². The van der Waals surface area contributed by atoms with E-state index in [-0.39, 0.29) is 45.9 Å². The molecule has 0 aliphatic heterocycles. The van der Waals surface area contributed by atoms with Crippen molar-refractivity contribution in [2.24, 2.45) is 0 Å². The first-order valence-electron chi connectivity index (χ1n) is 9.11. The number of allylic oxidation sites excluding steroid dienone is 2. The molecule has 166 valence electrons. The fourth-order valence-electron chi connectivity index (χ4n) is 2.77. The molecule has 0 atom stereocenters. The van der Waals surface area contributed by atoms with Crippen LogP contribution >= 0.6 is 23.4 Å². The quantitative estimate of drug-likeness (QED) is 0.404. The average molecular weight is 487 g/mol. The average Bonchev–Trinajstić information content (AvgIpc) is 3.16. The maximum absolute atomic E-state index is 12.6. The van der Waals surface area contributed by atoms with Crippen molar-refractivity contribution in [1.29, 1.82) is 0 Å². The Labute approximate surface area is 187 Å². The summed E-state index contributed by atoms with van der Waals surface area (Å²) in [6, 6.07) is 2.48. The predicted octanol–water partition coefficient (Wildman–Crippen LogP) is 2.32. The lowest BCUT2D eigenvalue weighted by atomic mass is 10.1. The Kier molecular flexibility index (Phi) is 7.34. The van der Waals surface area contributed by atoms with Gasteiger partial charge >= 0.3 is 5.97 Å². The number of carbonyl (C=O) groups is 2. The molecule has 0 saturated heterocycles. The SMILES string of the molecule is CSc1nnn(CCOc2c(S(C)(=O)=O)ccc(C(=O)OC3=CC(=O)CCC3)c2Cl)n1. The van der Waals surface area contributed by atoms with Crippen molar-refractivity contribution < 1.29 is 27.5 Å². The summed E-state index contributed by atoms with van der Waals surface area (Å²) in [5, 5.41) is 12.0. The molecule has 0 unspecified atom stereocenters. The van der Waals surface area contributed by atoms with Crippen LogP contribution < -0.4 is 4.74 Å². The molecule has 1 aromatic carbocycles. The highest BCUT2D eigenvalue weighted by molar-refractivity contribution is 7.98. The highest BCUT2D eigenvalue weighted by Crippen LogP contribution is 2.36. The summed E-state index contributed by atoms with van der Waals surface area (Å²) < 4.78 is 35.2. The van der Waals surface area contributed by atoms with E-state index in [0.717, 1.165) is 6.26 Å². The van der Waals surface area contributed by atoms with Gasteiger partial charge in [-0.25, -0.2) is 13.2 Å². The number of thioether (sulfide) groups is 1. The molecule has 3 rings (SSSR count). The molecule has 0 saturated carbocycles. The third-order valence-electron chi connectivity index (χ3n) is 4.23. The molecular weight excluding hydrogens is 468 g/mol. The predicted molar refractivity (Wildman–Crippen MR) is 112 cm³/mol. The number of esters is 1. The highest BCUT2D eigenvalue weighted by Gasteiger charge is 2.25. The van der Waals surface area contributed by atoms with Crippen molar-refractivity contribution in [3.8, 4) is 5.75 Å². The van der Waals surface area contributed by atoms with Crippen LogP contribution in [0.1, 0.15) is 29.6 Å². The van der Waals surface area contributed by atoms with Gasteiger partial charge < -0.3 is 9.47 Å². The second-order valence-corrected chi connectivity index (χ2v) is 9.70. The monoisotopic (exact) mass is 486 g/mol. The second kappa shape index (κ2) is 9.79. The Morgan fingerprint density at radius 2 is 2.10 bits per heavy atom. The van der Waals surface area contributed by atoms with Crippen LogP contribution in [0.4, 0.5) is 0 Å². The smallest absolute Gasteiger partial charge is 0.344 e. The number of hydrogen-bond donors (Lipinski definition) is 0. The summed E-state index contributed by atoms with van der Waals surface area (Å²) in [7, 11) is -3.70. The minimum Gasteiger partial charge on any atom is -0.489 e. The number of tetrazole rings is 1. The Balaban J connectivity index is 1.83. The molecule has 1 aliphatic rings. The number of rotatable bonds is 8. The lowest BCUT2D eigenvalue weighted by molar-refractivity contribution is -0.115. The number of ketones is 1. The Hall–Kier alpha value is -2.44. The molecule has 1 aliphatic carbocycles. The number of aromatic nitrogens is 4. The molecular formula is C18H19ClN4O6S2. The van der Waals surface area contributed by atoms with E-state index in [1.54, 1.807) is 6.26 Å². The van der Waals surface area contributed by atoms with Gasteiger partial charge in [-0.2, -0.15) is 4.80 Å². The summed E-state index contributed by atoms with van der Waals surface area (Å²) in [6.45, 7) is 0.154. The van der Waals surface area contributed by atoms with E-state index in [4.69, 9.17) is 21.1 Å². The van der Waals surface area contributed by atoms with E-state index in [1.165, 1.54) is 34.8 Å². The third kappa shape index (κ3) is 5.83. The van der Waals surface area contributed by atoms with E-state index in [1.807, 2.05) is 0 Å². The highest BCUT2D eigenvalue weighted by atomic mass is 35.5. The molecule has 13 heteroatoms. The van der Waals surface area contributed by atoms with Crippen LogP contribution in [0.15, 0.2) is 34.0 Å². The van der Waals surface area contributed by atoms with Gasteiger partial charge in [-0.3, -0.25) is 4.79 Å². The number of nitrogens with zero attached hydrogens (tertiary/aromatic N) is 4. The topological polar surface area (TPSA) is 130 Å². The maximum atomic E-state index is 12.6. The Morgan fingerprint density at radius 3 is 2.74 bits per heavy atom. The zero-order chi connectivity index (χ0) is 22.6. The molecule has 0 spiro atoms. The van der Waals surface area contributed by atoms with E-state index >= 15 is 0 Å². The van der Waals surface area contributed by atoms with Crippen LogP contribution in [0.2, 0.25) is 5.02 Å². The van der Waals surface area contributed by atoms with Crippen molar-refractivity contribution >= 4 is 45.0 Å². The van der Waals surface area contributed by atoms with Crippen LogP contribution in [0, 0.1) is 0 Å². The first-order chi connectivity index (χ1) is 14.7. The summed E-state index contributed by atoms with van der Waals surface area (Å²) in [4.78, 5) is 25.2. The van der Waals surface area contributed by atoms with Crippen LogP contribution in [-0.4, -0.2) is 59.5 Å². The van der Waals surface area contributed by atoms with Crippen LogP contribution in [0.3, 0.4) is 0 Å². The van der Waals surface area contributed by atoms with Gasteiger partial charge in [0, 0.05) is 25.2 Å². The molecule has 31 heavy (non-hydrogen) atoms. The van der Waals surface area contributed by atoms with Crippen LogP contribution in [0.5, 0.6) is 5.75 Å². The lowest BCUT2D eigenvalue weighted by Gasteiger charge is -2.16. The summed E-state index contributed by atoms with van der Waals surface area (Å²) in [5.41, 5.74) is -0.0773. The zero-order valence-corrected chi connectivity index (χ0v) is 19.1. The normalized spacial score (nSPS) is 14.3. The van der Waals surface area contributed by atoms with Crippen LogP contribution in [0.25, 0.3) is 0 Å². The number of benzene rings is 1. The largest absolute Gasteiger partial charge is 0.489 e. The van der Waals surface area contributed by atoms with Gasteiger partial charge in [-0.15, -0.1) is 10.2 Å². The number of ether oxygens (including phenoxy) is 2. The summed E-state index contributed by atoms with van der Waals surface area (Å²) >= 11 is 7.66. The molecule has 0 radical (unpaired) electrons. The van der Waals surface area contributed by atoms with Gasteiger partial charge in [0.05, 0.1) is 17.1 Å². The lowest BCUT2D eigenvalue weighted by Crippen LogP contribution is -2.15. The van der Waals surface area contributed by atoms with Crippen molar-refractivity contribution in [2.75, 3.05) is 19.1 Å². The molecule has 10 nitrogen and oxygen atoms in total. The third-order valence-corrected chi connectivity index (χ3v) is 6.25. The zero-order valence-electron chi connectivity index (χ0n) is 16.7. The van der Waals surface area contributed by atoms with Crippen molar-refractivity contribution in [3.05, 3.63) is 34.6 Å². The minimum absolute atomic E-state index is 0.0232. The molecule has 0 bridgehead atoms. The molecule has 1 aromatic heterocycles. The van der Waals surface area contributed by atoms with Gasteiger partial charge in [0.2, 0.25) is 5.16 Å². The molecule has 0 fully saturated rings. The van der Waals surface area contributed by atoms with Gasteiger partial charge in [-0.05, 0) is 30.0 Å². The van der Waals surface area contributed by atoms with Gasteiger partial charge in [-0.1, -0.05) is 23.4 Å². The number of hydrogen-bond acceptors (Lipinski definition) is 10. The van der Waals surface area contributed by atoms with E-state index in [9.17, 15) is 18.0 Å². The number of halogens is 1. The maximum Gasteiger partial charge on any atom is 0.344 e. The molecule has 2 aromatic rings. The first kappa shape index (κ1) is 23.2. The van der Waals surface area contributed by atoms with E-state index in [2.05, 4.69) is 15.4 Å². The molecule has 0 amide bonds. The van der Waals surface area contributed by atoms with E-state index < -0.39 is 15.8 Å². The fraction of sp³-hybridized carbons (Fsp3) is 0.389. The second-order valence-electron chi connectivity index (χ2n) is 6.57. The van der Waals surface area contributed by atoms with Gasteiger partial charge in [0.1, 0.15) is 17.3 Å².